The van der Waals surface area contributed by atoms with E-state index in [1.165, 1.54) is 18.2 Å². The second-order valence-electron chi connectivity index (χ2n) is 4.08. The minimum Gasteiger partial charge on any atom is -0.545 e. The van der Waals surface area contributed by atoms with E-state index in [1.54, 1.807) is 36.4 Å². The normalized spacial score (nSPS) is 10.1. The van der Waals surface area contributed by atoms with Crippen molar-refractivity contribution in [3.8, 4) is 0 Å². The third-order valence-corrected chi connectivity index (χ3v) is 3.20. The minimum atomic E-state index is -1.26. The summed E-state index contributed by atoms with van der Waals surface area (Å²) in [6.07, 6.45) is 2.83. The molecule has 100 valence electrons. The molecule has 5 heteroatoms. The van der Waals surface area contributed by atoms with Crippen molar-refractivity contribution < 1.29 is 44.3 Å². The Morgan fingerprint density at radius 1 is 1.05 bits per heavy atom. The molecule has 0 saturated carbocycles. The first kappa shape index (κ1) is 17.9. The zero-order valence-corrected chi connectivity index (χ0v) is 15.0. The molecule has 0 spiro atoms. The molecule has 0 fully saturated rings. The first-order valence-corrected chi connectivity index (χ1v) is 6.65. The van der Waals surface area contributed by atoms with E-state index in [9.17, 15) is 14.7 Å². The Bertz CT molecular complexity index is 695. The summed E-state index contributed by atoms with van der Waals surface area (Å²) in [5.41, 5.74) is 1.03. The average molecular weight is 353 g/mol. The zero-order valence-electron chi connectivity index (χ0n) is 11.4. The summed E-state index contributed by atoms with van der Waals surface area (Å²) in [4.78, 5) is 22.9. The molecule has 0 aliphatic rings. The Labute approximate surface area is 153 Å². The Morgan fingerprint density at radius 2 is 1.76 bits per heavy atom. The molecule has 0 aromatic heterocycles. The third kappa shape index (κ3) is 4.93. The number of hydrogen-bond donors (Lipinski definition) is 0. The maximum absolute atomic E-state index is 12.0. The van der Waals surface area contributed by atoms with Crippen molar-refractivity contribution in [2.45, 2.75) is 0 Å². The van der Waals surface area contributed by atoms with Crippen LogP contribution in [0.1, 0.15) is 26.3 Å². The van der Waals surface area contributed by atoms with Gasteiger partial charge < -0.3 is 9.90 Å². The first-order valence-electron chi connectivity index (χ1n) is 5.86. The van der Waals surface area contributed by atoms with Gasteiger partial charge in [0.1, 0.15) is 0 Å². The van der Waals surface area contributed by atoms with Gasteiger partial charge in [0, 0.05) is 15.6 Å². The molecule has 21 heavy (non-hydrogen) atoms. The van der Waals surface area contributed by atoms with Gasteiger partial charge in [-0.25, -0.2) is 0 Å². The van der Waals surface area contributed by atoms with Crippen molar-refractivity contribution >= 4 is 33.8 Å². The SMILES string of the molecule is O=C(/C=C/c1ccccc1C(=O)[O-])c1cccc(Br)c1.[Na+]. The molecule has 2 rings (SSSR count). The smallest absolute Gasteiger partial charge is 0.545 e. The van der Waals surface area contributed by atoms with Gasteiger partial charge in [-0.2, -0.15) is 0 Å². The van der Waals surface area contributed by atoms with Gasteiger partial charge in [0.2, 0.25) is 0 Å². The fourth-order valence-corrected chi connectivity index (χ4v) is 2.13. The van der Waals surface area contributed by atoms with Gasteiger partial charge in [0.15, 0.2) is 5.78 Å². The van der Waals surface area contributed by atoms with Crippen LogP contribution in [-0.2, 0) is 0 Å². The number of benzene rings is 2. The molecule has 0 aliphatic carbocycles. The first-order chi connectivity index (χ1) is 9.58. The standard InChI is InChI=1S/C16H11BrO3.Na/c17-13-6-3-5-12(10-13)15(18)9-8-11-4-1-2-7-14(11)16(19)20;/h1-10H,(H,19,20);/q;+1/p-1/b9-8+;. The Balaban J connectivity index is 0.00000220. The molecule has 2 aromatic carbocycles. The molecule has 0 aliphatic heterocycles. The number of carboxylic acid groups (broad SMARTS) is 1. The van der Waals surface area contributed by atoms with Crippen molar-refractivity contribution in [3.63, 3.8) is 0 Å². The minimum absolute atomic E-state index is 0. The number of aromatic carboxylic acids is 1. The molecule has 2 aromatic rings. The molecule has 0 saturated heterocycles. The Kier molecular flexibility index (Phi) is 7.05. The molecule has 0 amide bonds. The largest absolute Gasteiger partial charge is 1.00 e. The van der Waals surface area contributed by atoms with E-state index in [0.29, 0.717) is 11.1 Å². The Hall–Kier alpha value is -1.20. The number of rotatable bonds is 4. The van der Waals surface area contributed by atoms with Crippen LogP contribution in [0.3, 0.4) is 0 Å². The van der Waals surface area contributed by atoms with Crippen molar-refractivity contribution in [2.24, 2.45) is 0 Å². The summed E-state index contributed by atoms with van der Waals surface area (Å²) in [5.74, 6) is -1.46. The molecule has 0 heterocycles. The number of ketones is 1. The van der Waals surface area contributed by atoms with E-state index in [4.69, 9.17) is 0 Å². The van der Waals surface area contributed by atoms with Crippen molar-refractivity contribution in [3.05, 3.63) is 75.8 Å². The van der Waals surface area contributed by atoms with Crippen LogP contribution in [-0.4, -0.2) is 11.8 Å². The molecule has 0 unspecified atom stereocenters. The predicted molar refractivity (Wildman–Crippen MR) is 78.3 cm³/mol. The van der Waals surface area contributed by atoms with Gasteiger partial charge in [0.05, 0.1) is 5.97 Å². The molecular weight excluding hydrogens is 343 g/mol. The van der Waals surface area contributed by atoms with Crippen molar-refractivity contribution in [1.29, 1.82) is 0 Å². The predicted octanol–water partition coefficient (Wildman–Crippen LogP) is -0.287. The Morgan fingerprint density at radius 3 is 2.43 bits per heavy atom. The van der Waals surface area contributed by atoms with E-state index in [0.717, 1.165) is 4.47 Å². The van der Waals surface area contributed by atoms with Gasteiger partial charge in [-0.3, -0.25) is 4.79 Å². The second-order valence-corrected chi connectivity index (χ2v) is 5.00. The molecular formula is C16H10BrNaO3. The summed E-state index contributed by atoms with van der Waals surface area (Å²) in [6.45, 7) is 0. The number of carbonyl (C=O) groups is 2. The maximum atomic E-state index is 12.0. The molecule has 3 nitrogen and oxygen atoms in total. The number of carboxylic acids is 1. The quantitative estimate of drug-likeness (QED) is 0.431. The summed E-state index contributed by atoms with van der Waals surface area (Å²) in [6, 6.07) is 13.4. The van der Waals surface area contributed by atoms with Crippen LogP contribution in [0.25, 0.3) is 6.08 Å². The number of carbonyl (C=O) groups excluding carboxylic acids is 2. The summed E-state index contributed by atoms with van der Waals surface area (Å²) < 4.78 is 0.812. The van der Waals surface area contributed by atoms with Crippen LogP contribution in [0.5, 0.6) is 0 Å². The summed E-state index contributed by atoms with van der Waals surface area (Å²) in [7, 11) is 0. The summed E-state index contributed by atoms with van der Waals surface area (Å²) in [5, 5.41) is 10.9. The van der Waals surface area contributed by atoms with Crippen LogP contribution >= 0.6 is 15.9 Å². The molecule has 0 bridgehead atoms. The zero-order chi connectivity index (χ0) is 14.5. The van der Waals surface area contributed by atoms with Gasteiger partial charge >= 0.3 is 29.6 Å². The van der Waals surface area contributed by atoms with Crippen molar-refractivity contribution in [2.75, 3.05) is 0 Å². The maximum Gasteiger partial charge on any atom is 1.00 e. The van der Waals surface area contributed by atoms with Gasteiger partial charge in [-0.1, -0.05) is 58.4 Å². The number of hydrogen-bond acceptors (Lipinski definition) is 3. The van der Waals surface area contributed by atoms with E-state index in [1.807, 2.05) is 6.07 Å². The van der Waals surface area contributed by atoms with E-state index >= 15 is 0 Å². The van der Waals surface area contributed by atoms with E-state index in [-0.39, 0.29) is 40.9 Å². The summed E-state index contributed by atoms with van der Waals surface area (Å²) >= 11 is 3.29. The molecule has 0 N–H and O–H groups in total. The van der Waals surface area contributed by atoms with Gasteiger partial charge in [-0.15, -0.1) is 0 Å². The van der Waals surface area contributed by atoms with E-state index in [2.05, 4.69) is 15.9 Å². The molecule has 0 radical (unpaired) electrons. The van der Waals surface area contributed by atoms with Crippen LogP contribution in [0.2, 0.25) is 0 Å². The van der Waals surface area contributed by atoms with Gasteiger partial charge in [-0.05, 0) is 23.8 Å². The van der Waals surface area contributed by atoms with Gasteiger partial charge in [0.25, 0.3) is 0 Å². The van der Waals surface area contributed by atoms with Crippen LogP contribution < -0.4 is 34.7 Å². The molecule has 0 atom stereocenters. The average Bonchev–Trinajstić information content (AvgIpc) is 2.45. The topological polar surface area (TPSA) is 57.2 Å². The van der Waals surface area contributed by atoms with Crippen LogP contribution in [0.15, 0.2) is 59.1 Å². The van der Waals surface area contributed by atoms with E-state index < -0.39 is 5.97 Å². The van der Waals surface area contributed by atoms with Crippen LogP contribution in [0, 0.1) is 0 Å². The number of halogens is 1. The monoisotopic (exact) mass is 352 g/mol. The fraction of sp³-hybridized carbons (Fsp3) is 0. The second kappa shape index (κ2) is 8.29. The number of allylic oxidation sites excluding steroid dienone is 1. The third-order valence-electron chi connectivity index (χ3n) is 2.70. The van der Waals surface area contributed by atoms with Crippen LogP contribution in [0.4, 0.5) is 0 Å². The van der Waals surface area contributed by atoms with Crippen molar-refractivity contribution in [1.82, 2.24) is 0 Å². The fourth-order valence-electron chi connectivity index (χ4n) is 1.73.